The van der Waals surface area contributed by atoms with Gasteiger partial charge in [-0.05, 0) is 42.5 Å². The molecule has 1 aromatic heterocycles. The van der Waals surface area contributed by atoms with Gasteiger partial charge in [-0.3, -0.25) is 14.8 Å². The van der Waals surface area contributed by atoms with Crippen molar-refractivity contribution >= 4 is 33.4 Å². The number of fused-ring (bicyclic) bond motifs is 1. The third-order valence-electron chi connectivity index (χ3n) is 6.12. The molecule has 3 N–H and O–H groups in total. The first-order valence-electron chi connectivity index (χ1n) is 10.0. The summed E-state index contributed by atoms with van der Waals surface area (Å²) in [6.07, 6.45) is 3.50. The molecule has 0 radical (unpaired) electrons. The number of hydroxylamine groups is 1. The van der Waals surface area contributed by atoms with E-state index in [2.05, 4.69) is 4.98 Å². The number of carbonyl (C=O) groups is 2. The summed E-state index contributed by atoms with van der Waals surface area (Å²) in [7, 11) is -3.98. The Labute approximate surface area is 178 Å². The molecule has 1 atom stereocenters. The number of H-pyrrole nitrogens is 1. The second kappa shape index (κ2) is 8.54. The molecule has 2 amide bonds. The van der Waals surface area contributed by atoms with E-state index >= 15 is 0 Å². The number of halogens is 1. The van der Waals surface area contributed by atoms with Crippen LogP contribution in [0.25, 0.3) is 10.9 Å². The molecule has 0 saturated carbocycles. The highest BCUT2D eigenvalue weighted by molar-refractivity contribution is 7.86. The fraction of sp³-hybridized carbons (Fsp3) is 0.474. The van der Waals surface area contributed by atoms with E-state index in [0.717, 1.165) is 20.8 Å². The summed E-state index contributed by atoms with van der Waals surface area (Å²) in [5, 5.41) is 9.81. The van der Waals surface area contributed by atoms with E-state index in [9.17, 15) is 22.4 Å². The Bertz CT molecular complexity index is 1080. The van der Waals surface area contributed by atoms with Crippen molar-refractivity contribution in [1.29, 1.82) is 0 Å². The lowest BCUT2D eigenvalue weighted by Gasteiger charge is -2.41. The van der Waals surface area contributed by atoms with Gasteiger partial charge in [0.15, 0.2) is 0 Å². The SMILES string of the molecule is O=CN1CCN(S(=O)(=O)N2CCC(c3c[nH]c4ccc(F)cc34)CC2)[C@@H](C(=O)NO)C1. The first-order valence-corrected chi connectivity index (χ1v) is 11.4. The normalized spacial score (nSPS) is 22.0. The summed E-state index contributed by atoms with van der Waals surface area (Å²) in [5.74, 6) is -1.13. The summed E-state index contributed by atoms with van der Waals surface area (Å²) < 4.78 is 42.5. The number of aromatic nitrogens is 1. The lowest BCUT2D eigenvalue weighted by Crippen LogP contribution is -2.62. The van der Waals surface area contributed by atoms with Gasteiger partial charge in [-0.1, -0.05) is 0 Å². The summed E-state index contributed by atoms with van der Waals surface area (Å²) in [6, 6.07) is 3.35. The highest BCUT2D eigenvalue weighted by Gasteiger charge is 2.43. The number of aromatic amines is 1. The molecule has 168 valence electrons. The standard InChI is InChI=1S/C19H24FN5O5S/c20-14-1-2-17-15(9-14)16(10-21-17)13-3-5-24(6-4-13)31(29,30)25-8-7-23(12-26)11-18(25)19(27)22-28/h1-2,9-10,12-13,18,21,28H,3-8,11H2,(H,22,27)/t18-/m1/s1. The minimum atomic E-state index is -3.98. The molecule has 4 rings (SSSR count). The highest BCUT2D eigenvalue weighted by Crippen LogP contribution is 2.34. The number of carbonyl (C=O) groups excluding carboxylic acids is 2. The Balaban J connectivity index is 1.50. The minimum Gasteiger partial charge on any atom is -0.361 e. The van der Waals surface area contributed by atoms with Crippen molar-refractivity contribution in [2.45, 2.75) is 24.8 Å². The van der Waals surface area contributed by atoms with E-state index < -0.39 is 22.2 Å². The Morgan fingerprint density at radius 3 is 2.65 bits per heavy atom. The summed E-state index contributed by atoms with van der Waals surface area (Å²) in [5.41, 5.74) is 3.28. The largest absolute Gasteiger partial charge is 0.361 e. The number of hydrogen-bond acceptors (Lipinski definition) is 5. The molecular weight excluding hydrogens is 429 g/mol. The van der Waals surface area contributed by atoms with Crippen molar-refractivity contribution in [3.05, 3.63) is 35.8 Å². The predicted molar refractivity (Wildman–Crippen MR) is 109 cm³/mol. The van der Waals surface area contributed by atoms with Crippen molar-refractivity contribution < 1.29 is 27.6 Å². The summed E-state index contributed by atoms with van der Waals surface area (Å²) >= 11 is 0. The average Bonchev–Trinajstić information content (AvgIpc) is 3.21. The number of amides is 2. The third-order valence-corrected chi connectivity index (χ3v) is 8.16. The Morgan fingerprint density at radius 1 is 1.23 bits per heavy atom. The molecule has 0 unspecified atom stereocenters. The van der Waals surface area contributed by atoms with E-state index in [4.69, 9.17) is 5.21 Å². The van der Waals surface area contributed by atoms with Gasteiger partial charge in [-0.2, -0.15) is 17.0 Å². The summed E-state index contributed by atoms with van der Waals surface area (Å²) in [6.45, 7) is 0.481. The van der Waals surface area contributed by atoms with Crippen LogP contribution in [0.1, 0.15) is 24.3 Å². The van der Waals surface area contributed by atoms with E-state index in [1.165, 1.54) is 26.8 Å². The number of hydrogen-bond donors (Lipinski definition) is 3. The van der Waals surface area contributed by atoms with E-state index in [-0.39, 0.29) is 44.5 Å². The van der Waals surface area contributed by atoms with Gasteiger partial charge in [0, 0.05) is 49.8 Å². The van der Waals surface area contributed by atoms with Crippen LogP contribution in [0.3, 0.4) is 0 Å². The predicted octanol–water partition coefficient (Wildman–Crippen LogP) is 0.379. The van der Waals surface area contributed by atoms with Crippen molar-refractivity contribution in [1.82, 2.24) is 24.0 Å². The molecule has 0 bridgehead atoms. The zero-order valence-corrected chi connectivity index (χ0v) is 17.5. The number of piperazine rings is 1. The summed E-state index contributed by atoms with van der Waals surface area (Å²) in [4.78, 5) is 27.6. The van der Waals surface area contributed by atoms with Gasteiger partial charge in [0.1, 0.15) is 11.9 Å². The van der Waals surface area contributed by atoms with Crippen LogP contribution in [0.15, 0.2) is 24.4 Å². The van der Waals surface area contributed by atoms with Crippen molar-refractivity contribution in [2.75, 3.05) is 32.7 Å². The minimum absolute atomic E-state index is 0.0409. The van der Waals surface area contributed by atoms with Gasteiger partial charge >= 0.3 is 0 Å². The Morgan fingerprint density at radius 2 is 1.97 bits per heavy atom. The van der Waals surface area contributed by atoms with Crippen molar-refractivity contribution in [3.63, 3.8) is 0 Å². The van der Waals surface area contributed by atoms with Gasteiger partial charge in [0.25, 0.3) is 16.1 Å². The molecule has 31 heavy (non-hydrogen) atoms. The molecule has 10 nitrogen and oxygen atoms in total. The molecular formula is C19H24FN5O5S. The van der Waals surface area contributed by atoms with Crippen LogP contribution in [0, 0.1) is 5.82 Å². The van der Waals surface area contributed by atoms with Crippen molar-refractivity contribution in [2.24, 2.45) is 0 Å². The number of rotatable bonds is 5. The number of piperidine rings is 1. The van der Waals surface area contributed by atoms with Crippen LogP contribution in [0.5, 0.6) is 0 Å². The Kier molecular flexibility index (Phi) is 5.97. The monoisotopic (exact) mass is 453 g/mol. The zero-order valence-electron chi connectivity index (χ0n) is 16.7. The quantitative estimate of drug-likeness (QED) is 0.343. The van der Waals surface area contributed by atoms with Crippen LogP contribution in [0.4, 0.5) is 4.39 Å². The van der Waals surface area contributed by atoms with Crippen LogP contribution in [-0.4, -0.2) is 83.2 Å². The smallest absolute Gasteiger partial charge is 0.282 e. The maximum absolute atomic E-state index is 13.7. The molecule has 2 saturated heterocycles. The molecule has 2 aliphatic rings. The van der Waals surface area contributed by atoms with Gasteiger partial charge in [-0.25, -0.2) is 9.87 Å². The lowest BCUT2D eigenvalue weighted by molar-refractivity contribution is -0.136. The van der Waals surface area contributed by atoms with E-state index in [1.807, 2.05) is 6.20 Å². The molecule has 2 fully saturated rings. The Hall–Kier alpha value is -2.54. The van der Waals surface area contributed by atoms with Crippen LogP contribution in [0.2, 0.25) is 0 Å². The van der Waals surface area contributed by atoms with E-state index in [0.29, 0.717) is 19.3 Å². The lowest BCUT2D eigenvalue weighted by atomic mass is 9.90. The first kappa shape index (κ1) is 21.7. The average molecular weight is 453 g/mol. The topological polar surface area (TPSA) is 126 Å². The second-order valence-electron chi connectivity index (χ2n) is 7.82. The maximum atomic E-state index is 13.7. The molecule has 3 heterocycles. The van der Waals surface area contributed by atoms with Crippen LogP contribution >= 0.6 is 0 Å². The van der Waals surface area contributed by atoms with Gasteiger partial charge in [-0.15, -0.1) is 0 Å². The fourth-order valence-electron chi connectivity index (χ4n) is 4.45. The van der Waals surface area contributed by atoms with E-state index in [1.54, 1.807) is 6.07 Å². The van der Waals surface area contributed by atoms with Crippen LogP contribution < -0.4 is 5.48 Å². The molecule has 1 aromatic carbocycles. The second-order valence-corrected chi connectivity index (χ2v) is 9.70. The van der Waals surface area contributed by atoms with Crippen molar-refractivity contribution in [3.8, 4) is 0 Å². The molecule has 0 spiro atoms. The molecule has 12 heteroatoms. The zero-order chi connectivity index (χ0) is 22.2. The maximum Gasteiger partial charge on any atom is 0.282 e. The highest BCUT2D eigenvalue weighted by atomic mass is 32.2. The molecule has 2 aliphatic heterocycles. The molecule has 0 aliphatic carbocycles. The number of nitrogens with one attached hydrogen (secondary N) is 2. The number of benzene rings is 1. The van der Waals surface area contributed by atoms with Gasteiger partial charge in [0.2, 0.25) is 6.41 Å². The molecule has 2 aromatic rings. The van der Waals surface area contributed by atoms with Crippen LogP contribution in [-0.2, 0) is 19.8 Å². The first-order chi connectivity index (χ1) is 14.8. The number of nitrogens with zero attached hydrogens (tertiary/aromatic N) is 3. The third kappa shape index (κ3) is 4.03. The van der Waals surface area contributed by atoms with Gasteiger partial charge in [0.05, 0.1) is 0 Å². The fourth-order valence-corrected chi connectivity index (χ4v) is 6.21. The van der Waals surface area contributed by atoms with Gasteiger partial charge < -0.3 is 9.88 Å².